The Kier molecular flexibility index (Phi) is 10.4. The van der Waals surface area contributed by atoms with Crippen molar-refractivity contribution < 1.29 is 27.9 Å². The molecule has 4 aliphatic rings. The molecule has 1 fully saturated rings. The van der Waals surface area contributed by atoms with Gasteiger partial charge in [0.2, 0.25) is 10.0 Å². The molecule has 4 aromatic carbocycles. The molecule has 1 aromatic heterocycles. The molecule has 0 spiro atoms. The molecule has 1 N–H and O–H groups in total. The molecular weight excluding hydrogens is 751 g/mol. The molecule has 1 saturated heterocycles. The molecule has 2 amide bonds. The van der Waals surface area contributed by atoms with Crippen LogP contribution in [0.15, 0.2) is 97.1 Å². The SMILES string of the molecule is CN(C(=O)c1cc(-c2cc3c(cc2C(=O)N2Cc4ccccc4C[C@H]2CN2CCOCC2)CN(S(=O)(=O)Cc2ccccc2)C3)n2c1CCCC2)c1ccc(O)cc1. The van der Waals surface area contributed by atoms with Crippen LogP contribution in [0.4, 0.5) is 5.69 Å². The molecule has 0 aliphatic carbocycles. The van der Waals surface area contributed by atoms with E-state index in [9.17, 15) is 18.3 Å². The Hall–Kier alpha value is -5.27. The predicted molar refractivity (Wildman–Crippen MR) is 223 cm³/mol. The molecule has 5 aromatic rings. The molecule has 9 rings (SSSR count). The molecule has 4 aliphatic heterocycles. The zero-order chi connectivity index (χ0) is 40.0. The van der Waals surface area contributed by atoms with Crippen molar-refractivity contribution in [2.45, 2.75) is 63.7 Å². The number of hydrogen-bond acceptors (Lipinski definition) is 7. The van der Waals surface area contributed by atoms with Gasteiger partial charge in [0, 0.05) is 87.1 Å². The maximum atomic E-state index is 15.5. The first-order valence-electron chi connectivity index (χ1n) is 20.3. The van der Waals surface area contributed by atoms with Crippen LogP contribution in [-0.2, 0) is 59.5 Å². The number of phenols is 1. The predicted octanol–water partition coefficient (Wildman–Crippen LogP) is 6.22. The van der Waals surface area contributed by atoms with Crippen molar-refractivity contribution in [1.82, 2.24) is 18.7 Å². The smallest absolute Gasteiger partial charge is 0.259 e. The molecule has 1 atom stereocenters. The average molecular weight is 800 g/mol. The minimum Gasteiger partial charge on any atom is -0.508 e. The van der Waals surface area contributed by atoms with Crippen molar-refractivity contribution in [3.63, 3.8) is 0 Å². The van der Waals surface area contributed by atoms with Gasteiger partial charge in [0.1, 0.15) is 5.75 Å². The van der Waals surface area contributed by atoms with Gasteiger partial charge in [-0.3, -0.25) is 14.5 Å². The molecule has 58 heavy (non-hydrogen) atoms. The second-order valence-electron chi connectivity index (χ2n) is 16.0. The number of aromatic nitrogens is 1. The van der Waals surface area contributed by atoms with Gasteiger partial charge < -0.3 is 24.2 Å². The van der Waals surface area contributed by atoms with Gasteiger partial charge in [-0.15, -0.1) is 0 Å². The number of fused-ring (bicyclic) bond motifs is 3. The van der Waals surface area contributed by atoms with Gasteiger partial charge in [-0.2, -0.15) is 4.31 Å². The van der Waals surface area contributed by atoms with Crippen molar-refractivity contribution in [3.05, 3.63) is 142 Å². The fourth-order valence-electron chi connectivity index (χ4n) is 9.16. The Bertz CT molecular complexity index is 2460. The highest BCUT2D eigenvalue weighted by Gasteiger charge is 2.37. The first kappa shape index (κ1) is 38.3. The first-order valence-corrected chi connectivity index (χ1v) is 21.9. The summed E-state index contributed by atoms with van der Waals surface area (Å²) in [6, 6.07) is 29.9. The first-order chi connectivity index (χ1) is 28.1. The van der Waals surface area contributed by atoms with E-state index in [0.717, 1.165) is 79.0 Å². The molecule has 0 unspecified atom stereocenters. The summed E-state index contributed by atoms with van der Waals surface area (Å²) >= 11 is 0. The van der Waals surface area contributed by atoms with Crippen LogP contribution in [0.5, 0.6) is 5.75 Å². The second kappa shape index (κ2) is 15.8. The quantitative estimate of drug-likeness (QED) is 0.188. The number of morpholine rings is 1. The van der Waals surface area contributed by atoms with Gasteiger partial charge in [0.05, 0.1) is 24.5 Å². The third-order valence-electron chi connectivity index (χ3n) is 12.3. The van der Waals surface area contributed by atoms with Crippen molar-refractivity contribution >= 4 is 27.5 Å². The Morgan fingerprint density at radius 1 is 0.793 bits per heavy atom. The number of aromatic hydroxyl groups is 1. The van der Waals surface area contributed by atoms with E-state index < -0.39 is 10.0 Å². The second-order valence-corrected chi connectivity index (χ2v) is 18.0. The third-order valence-corrected chi connectivity index (χ3v) is 14.1. The summed E-state index contributed by atoms with van der Waals surface area (Å²) in [6.45, 7) is 5.20. The summed E-state index contributed by atoms with van der Waals surface area (Å²) in [5.41, 5.74) is 8.96. The van der Waals surface area contributed by atoms with Crippen LogP contribution in [0.25, 0.3) is 11.3 Å². The van der Waals surface area contributed by atoms with E-state index in [1.165, 1.54) is 9.87 Å². The third kappa shape index (κ3) is 7.45. The number of anilines is 1. The number of hydrogen-bond donors (Lipinski definition) is 1. The van der Waals surface area contributed by atoms with E-state index in [4.69, 9.17) is 4.74 Å². The fourth-order valence-corrected chi connectivity index (χ4v) is 10.6. The van der Waals surface area contributed by atoms with E-state index in [-0.39, 0.29) is 42.4 Å². The maximum Gasteiger partial charge on any atom is 0.259 e. The highest BCUT2D eigenvalue weighted by Crippen LogP contribution is 2.39. The standard InChI is InChI=1S/C46H49N5O6S/c1-47(37-14-16-39(52)17-15-37)45(53)42-26-44(50-18-8-7-13-43(42)50)40-24-35-27-49(58(55,56)31-32-9-3-2-4-10-32)28-36(35)25-41(40)46(54)51-29-34-12-6-5-11-33(34)23-38(51)30-48-19-21-57-22-20-48/h2-6,9-12,14-17,24-26,38,52H,7-8,13,18-23,27-31H2,1H3/t38-/m0/s1. The topological polar surface area (TPSA) is 116 Å². The molecular formula is C46H49N5O6S. The number of rotatable bonds is 9. The van der Waals surface area contributed by atoms with Crippen LogP contribution in [0.3, 0.4) is 0 Å². The van der Waals surface area contributed by atoms with Crippen molar-refractivity contribution in [3.8, 4) is 17.0 Å². The van der Waals surface area contributed by atoms with Crippen LogP contribution >= 0.6 is 0 Å². The number of nitrogens with zero attached hydrogens (tertiary/aromatic N) is 5. The molecule has 12 heteroatoms. The van der Waals surface area contributed by atoms with Crippen LogP contribution in [0.2, 0.25) is 0 Å². The van der Waals surface area contributed by atoms with Crippen LogP contribution < -0.4 is 4.90 Å². The van der Waals surface area contributed by atoms with E-state index in [2.05, 4.69) is 27.7 Å². The number of carbonyl (C=O) groups excluding carboxylic acids is 2. The lowest BCUT2D eigenvalue weighted by Gasteiger charge is -2.40. The number of benzene rings is 4. The lowest BCUT2D eigenvalue weighted by Crippen LogP contribution is -2.52. The molecule has 0 saturated carbocycles. The van der Waals surface area contributed by atoms with Crippen LogP contribution in [0, 0.1) is 0 Å². The summed E-state index contributed by atoms with van der Waals surface area (Å²) in [6.07, 6.45) is 3.32. The molecule has 11 nitrogen and oxygen atoms in total. The van der Waals surface area contributed by atoms with E-state index in [1.54, 1.807) is 36.2 Å². The summed E-state index contributed by atoms with van der Waals surface area (Å²) in [4.78, 5) is 35.8. The van der Waals surface area contributed by atoms with Crippen LogP contribution in [0.1, 0.15) is 67.1 Å². The maximum absolute atomic E-state index is 15.5. The average Bonchev–Trinajstić information content (AvgIpc) is 3.86. The Balaban J connectivity index is 1.14. The lowest BCUT2D eigenvalue weighted by atomic mass is 9.91. The summed E-state index contributed by atoms with van der Waals surface area (Å²) in [5.74, 6) is -0.259. The Morgan fingerprint density at radius 3 is 2.26 bits per heavy atom. The van der Waals surface area contributed by atoms with Gasteiger partial charge in [0.25, 0.3) is 11.8 Å². The van der Waals surface area contributed by atoms with E-state index >= 15 is 4.79 Å². The summed E-state index contributed by atoms with van der Waals surface area (Å²) < 4.78 is 37.2. The Labute approximate surface area is 340 Å². The Morgan fingerprint density at radius 2 is 1.50 bits per heavy atom. The highest BCUT2D eigenvalue weighted by molar-refractivity contribution is 7.88. The monoisotopic (exact) mass is 799 g/mol. The normalized spacial score (nSPS) is 18.4. The van der Waals surface area contributed by atoms with Gasteiger partial charge in [-0.1, -0.05) is 54.6 Å². The number of sulfonamides is 1. The van der Waals surface area contributed by atoms with E-state index in [0.29, 0.717) is 48.7 Å². The minimum absolute atomic E-state index is 0.0818. The number of carbonyl (C=O) groups is 2. The molecule has 5 heterocycles. The number of phenolic OH excluding ortho intramolecular Hbond substituents is 1. The molecule has 0 radical (unpaired) electrons. The van der Waals surface area contributed by atoms with E-state index in [1.807, 2.05) is 59.5 Å². The van der Waals surface area contributed by atoms with Crippen molar-refractivity contribution in [1.29, 1.82) is 0 Å². The van der Waals surface area contributed by atoms with Gasteiger partial charge >= 0.3 is 0 Å². The summed E-state index contributed by atoms with van der Waals surface area (Å²) in [5, 5.41) is 9.91. The zero-order valence-corrected chi connectivity index (χ0v) is 33.7. The largest absolute Gasteiger partial charge is 0.508 e. The molecule has 0 bridgehead atoms. The lowest BCUT2D eigenvalue weighted by molar-refractivity contribution is 0.0193. The van der Waals surface area contributed by atoms with Gasteiger partial charge in [-0.25, -0.2) is 8.42 Å². The number of amides is 2. The van der Waals surface area contributed by atoms with Crippen molar-refractivity contribution in [2.75, 3.05) is 44.8 Å². The zero-order valence-electron chi connectivity index (χ0n) is 32.8. The minimum atomic E-state index is -3.68. The van der Waals surface area contributed by atoms with Gasteiger partial charge in [0.15, 0.2) is 0 Å². The highest BCUT2D eigenvalue weighted by atomic mass is 32.2. The molecule has 300 valence electrons. The van der Waals surface area contributed by atoms with Crippen LogP contribution in [-0.4, -0.2) is 89.9 Å². The summed E-state index contributed by atoms with van der Waals surface area (Å²) in [7, 11) is -1.94. The van der Waals surface area contributed by atoms with Gasteiger partial charge in [-0.05, 0) is 96.0 Å². The number of ether oxygens (including phenoxy) is 1. The van der Waals surface area contributed by atoms with Crippen molar-refractivity contribution in [2.24, 2.45) is 0 Å². The fraction of sp³-hybridized carbons (Fsp3) is 0.348.